The number of aromatic nitrogens is 2. The zero-order valence-electron chi connectivity index (χ0n) is 11.7. The number of nitrogens with zero attached hydrogens (tertiary/aromatic N) is 2. The Labute approximate surface area is 123 Å². The molecule has 2 heterocycles. The molecule has 0 aliphatic carbocycles. The highest BCUT2D eigenvalue weighted by Gasteiger charge is 2.27. The van der Waals surface area contributed by atoms with E-state index in [0.29, 0.717) is 25.4 Å². The Morgan fingerprint density at radius 2 is 2.24 bits per heavy atom. The van der Waals surface area contributed by atoms with Gasteiger partial charge >= 0.3 is 0 Å². The minimum atomic E-state index is -2.94. The van der Waals surface area contributed by atoms with Crippen molar-refractivity contribution in [1.29, 1.82) is 0 Å². The Kier molecular flexibility index (Phi) is 5.07. The number of amides is 1. The SMILES string of the molecule is COCCNC(=O)c1ccc(NC2CCS(=O)(=O)C2)nn1. The standard InChI is InChI=1S/C12H18N4O4S/c1-20-6-5-13-12(17)10-2-3-11(16-15-10)14-9-4-7-21(18,19)8-9/h2-3,9H,4-8H2,1H3,(H,13,17)(H,14,16). The highest BCUT2D eigenvalue weighted by Crippen LogP contribution is 2.15. The first kappa shape index (κ1) is 15.6. The van der Waals surface area contributed by atoms with Crippen LogP contribution in [-0.4, -0.2) is 62.3 Å². The van der Waals surface area contributed by atoms with Crippen molar-refractivity contribution in [3.8, 4) is 0 Å². The summed E-state index contributed by atoms with van der Waals surface area (Å²) in [5.41, 5.74) is 0.204. The third-order valence-corrected chi connectivity index (χ3v) is 4.84. The van der Waals surface area contributed by atoms with Gasteiger partial charge in [-0.05, 0) is 18.6 Å². The van der Waals surface area contributed by atoms with Crippen LogP contribution in [0, 0.1) is 0 Å². The van der Waals surface area contributed by atoms with Gasteiger partial charge in [-0.3, -0.25) is 4.79 Å². The molecule has 2 rings (SSSR count). The summed E-state index contributed by atoms with van der Waals surface area (Å²) < 4.78 is 27.5. The van der Waals surface area contributed by atoms with Gasteiger partial charge in [-0.25, -0.2) is 8.42 Å². The number of nitrogens with one attached hydrogen (secondary N) is 2. The molecule has 1 amide bonds. The molecule has 1 aromatic rings. The molecule has 1 atom stereocenters. The van der Waals surface area contributed by atoms with Gasteiger partial charge in [0.15, 0.2) is 15.5 Å². The number of rotatable bonds is 6. The molecule has 1 fully saturated rings. The van der Waals surface area contributed by atoms with E-state index in [9.17, 15) is 13.2 Å². The topological polar surface area (TPSA) is 110 Å². The number of carbonyl (C=O) groups is 1. The summed E-state index contributed by atoms with van der Waals surface area (Å²) in [4.78, 5) is 11.7. The summed E-state index contributed by atoms with van der Waals surface area (Å²) >= 11 is 0. The molecule has 1 saturated heterocycles. The number of hydrogen-bond acceptors (Lipinski definition) is 7. The maximum Gasteiger partial charge on any atom is 0.271 e. The maximum absolute atomic E-state index is 11.7. The smallest absolute Gasteiger partial charge is 0.271 e. The van der Waals surface area contributed by atoms with Gasteiger partial charge in [0.05, 0.1) is 18.1 Å². The molecule has 21 heavy (non-hydrogen) atoms. The molecule has 1 aliphatic rings. The lowest BCUT2D eigenvalue weighted by Crippen LogP contribution is -2.28. The first-order chi connectivity index (χ1) is 10.00. The minimum Gasteiger partial charge on any atom is -0.383 e. The van der Waals surface area contributed by atoms with E-state index >= 15 is 0 Å². The Hall–Kier alpha value is -1.74. The first-order valence-corrected chi connectivity index (χ1v) is 8.40. The number of carbonyl (C=O) groups excluding carboxylic acids is 1. The lowest BCUT2D eigenvalue weighted by molar-refractivity contribution is 0.0931. The van der Waals surface area contributed by atoms with Crippen LogP contribution in [0.4, 0.5) is 5.82 Å². The highest BCUT2D eigenvalue weighted by atomic mass is 32.2. The molecular weight excluding hydrogens is 296 g/mol. The van der Waals surface area contributed by atoms with Crippen molar-refractivity contribution in [3.63, 3.8) is 0 Å². The van der Waals surface area contributed by atoms with E-state index in [1.165, 1.54) is 0 Å². The molecule has 1 unspecified atom stereocenters. The fourth-order valence-electron chi connectivity index (χ4n) is 2.01. The van der Waals surface area contributed by atoms with Crippen LogP contribution in [0.25, 0.3) is 0 Å². The van der Waals surface area contributed by atoms with Crippen LogP contribution in [-0.2, 0) is 14.6 Å². The number of ether oxygens (including phenoxy) is 1. The Balaban J connectivity index is 1.88. The monoisotopic (exact) mass is 314 g/mol. The van der Waals surface area contributed by atoms with Gasteiger partial charge in [0.1, 0.15) is 5.82 Å². The fraction of sp³-hybridized carbons (Fsp3) is 0.583. The molecule has 9 heteroatoms. The molecule has 0 saturated carbocycles. The van der Waals surface area contributed by atoms with E-state index in [1.54, 1.807) is 19.2 Å². The second-order valence-electron chi connectivity index (χ2n) is 4.80. The lowest BCUT2D eigenvalue weighted by atomic mass is 10.2. The van der Waals surface area contributed by atoms with E-state index in [1.807, 2.05) is 0 Å². The second-order valence-corrected chi connectivity index (χ2v) is 7.03. The van der Waals surface area contributed by atoms with Gasteiger partial charge in [0.25, 0.3) is 5.91 Å². The Morgan fingerprint density at radius 3 is 2.81 bits per heavy atom. The average molecular weight is 314 g/mol. The molecule has 1 aliphatic heterocycles. The molecule has 116 valence electrons. The minimum absolute atomic E-state index is 0.105. The zero-order valence-corrected chi connectivity index (χ0v) is 12.5. The summed E-state index contributed by atoms with van der Waals surface area (Å²) in [6.45, 7) is 0.825. The van der Waals surface area contributed by atoms with Crippen molar-refractivity contribution in [3.05, 3.63) is 17.8 Å². The van der Waals surface area contributed by atoms with Crippen LogP contribution in [0.2, 0.25) is 0 Å². The number of hydrogen-bond donors (Lipinski definition) is 2. The summed E-state index contributed by atoms with van der Waals surface area (Å²) in [7, 11) is -1.39. The van der Waals surface area contributed by atoms with Crippen LogP contribution < -0.4 is 10.6 Å². The molecule has 0 aromatic carbocycles. The second kappa shape index (κ2) is 6.81. The number of sulfone groups is 1. The Bertz CT molecular complexity index is 588. The van der Waals surface area contributed by atoms with Gasteiger partial charge in [-0.15, -0.1) is 10.2 Å². The summed E-state index contributed by atoms with van der Waals surface area (Å²) in [5.74, 6) is 0.437. The molecule has 0 bridgehead atoms. The quantitative estimate of drug-likeness (QED) is 0.678. The van der Waals surface area contributed by atoms with Crippen molar-refractivity contribution in [1.82, 2.24) is 15.5 Å². The van der Waals surface area contributed by atoms with Crippen molar-refractivity contribution >= 4 is 21.6 Å². The molecule has 0 radical (unpaired) electrons. The Morgan fingerprint density at radius 1 is 1.43 bits per heavy atom. The first-order valence-electron chi connectivity index (χ1n) is 6.58. The van der Waals surface area contributed by atoms with Crippen molar-refractivity contribution < 1.29 is 17.9 Å². The van der Waals surface area contributed by atoms with Gasteiger partial charge in [0, 0.05) is 19.7 Å². The zero-order chi connectivity index (χ0) is 15.3. The van der Waals surface area contributed by atoms with E-state index < -0.39 is 9.84 Å². The number of methoxy groups -OCH3 is 1. The largest absolute Gasteiger partial charge is 0.383 e. The fourth-order valence-corrected chi connectivity index (χ4v) is 3.68. The van der Waals surface area contributed by atoms with Crippen LogP contribution in [0.1, 0.15) is 16.9 Å². The number of anilines is 1. The predicted molar refractivity (Wildman–Crippen MR) is 76.9 cm³/mol. The van der Waals surface area contributed by atoms with Gasteiger partial charge in [0.2, 0.25) is 0 Å². The van der Waals surface area contributed by atoms with Crippen LogP contribution in [0.5, 0.6) is 0 Å². The molecule has 8 nitrogen and oxygen atoms in total. The third-order valence-electron chi connectivity index (χ3n) is 3.07. The normalized spacial score (nSPS) is 20.1. The van der Waals surface area contributed by atoms with Gasteiger partial charge < -0.3 is 15.4 Å². The molecule has 0 spiro atoms. The van der Waals surface area contributed by atoms with Crippen molar-refractivity contribution in [2.75, 3.05) is 37.1 Å². The molecular formula is C12H18N4O4S. The summed E-state index contributed by atoms with van der Waals surface area (Å²) in [6.07, 6.45) is 0.559. The van der Waals surface area contributed by atoms with Crippen LogP contribution >= 0.6 is 0 Å². The van der Waals surface area contributed by atoms with E-state index in [4.69, 9.17) is 4.74 Å². The van der Waals surface area contributed by atoms with Crippen LogP contribution in [0.3, 0.4) is 0 Å². The molecule has 2 N–H and O–H groups in total. The van der Waals surface area contributed by atoms with Crippen molar-refractivity contribution in [2.24, 2.45) is 0 Å². The van der Waals surface area contributed by atoms with Crippen LogP contribution in [0.15, 0.2) is 12.1 Å². The van der Waals surface area contributed by atoms with E-state index in [2.05, 4.69) is 20.8 Å². The van der Waals surface area contributed by atoms with Gasteiger partial charge in [-0.2, -0.15) is 0 Å². The predicted octanol–water partition coefficient (Wildman–Crippen LogP) is -0.548. The lowest BCUT2D eigenvalue weighted by Gasteiger charge is -2.10. The van der Waals surface area contributed by atoms with E-state index in [0.717, 1.165) is 0 Å². The summed E-state index contributed by atoms with van der Waals surface area (Å²) in [5, 5.41) is 13.4. The summed E-state index contributed by atoms with van der Waals surface area (Å²) in [6, 6.07) is 3.01. The van der Waals surface area contributed by atoms with E-state index in [-0.39, 0.29) is 29.1 Å². The average Bonchev–Trinajstić information content (AvgIpc) is 2.79. The third kappa shape index (κ3) is 4.64. The maximum atomic E-state index is 11.7. The molecule has 1 aromatic heterocycles. The highest BCUT2D eigenvalue weighted by molar-refractivity contribution is 7.91. The van der Waals surface area contributed by atoms with Gasteiger partial charge in [-0.1, -0.05) is 0 Å². The van der Waals surface area contributed by atoms with Crippen molar-refractivity contribution in [2.45, 2.75) is 12.5 Å².